The number of carbonyl (C=O) groups is 1. The fourth-order valence-electron chi connectivity index (χ4n) is 5.00. The Labute approximate surface area is 198 Å². The number of nitrogens with zero attached hydrogens (tertiary/aromatic N) is 5. The van der Waals surface area contributed by atoms with Crippen LogP contribution in [0.3, 0.4) is 0 Å². The van der Waals surface area contributed by atoms with Gasteiger partial charge in [-0.1, -0.05) is 12.1 Å². The Morgan fingerprint density at radius 2 is 2.03 bits per heavy atom. The number of aromatic nitrogens is 4. The number of likely N-dealkylation sites (tertiary alicyclic amines) is 1. The van der Waals surface area contributed by atoms with Gasteiger partial charge >= 0.3 is 0 Å². The lowest BCUT2D eigenvalue weighted by Crippen LogP contribution is -2.39. The minimum Gasteiger partial charge on any atom is -0.342 e. The number of fused-ring (bicyclic) bond motifs is 2. The third-order valence-corrected chi connectivity index (χ3v) is 8.05. The molecule has 1 amide bonds. The zero-order valence-electron chi connectivity index (χ0n) is 19.8. The fourth-order valence-corrected chi connectivity index (χ4v) is 6.09. The lowest BCUT2D eigenvalue weighted by atomic mass is 9.97. The molecule has 4 heterocycles. The topological polar surface area (TPSA) is 63.9 Å². The summed E-state index contributed by atoms with van der Waals surface area (Å²) < 4.78 is 3.20. The zero-order chi connectivity index (χ0) is 23.1. The van der Waals surface area contributed by atoms with Gasteiger partial charge in [0.2, 0.25) is 5.91 Å². The van der Waals surface area contributed by atoms with Crippen molar-refractivity contribution in [2.45, 2.75) is 65.3 Å². The van der Waals surface area contributed by atoms with Gasteiger partial charge in [-0.3, -0.25) is 4.79 Å². The van der Waals surface area contributed by atoms with Crippen molar-refractivity contribution in [3.05, 3.63) is 52.3 Å². The van der Waals surface area contributed by atoms with Gasteiger partial charge in [0.1, 0.15) is 0 Å². The van der Waals surface area contributed by atoms with Crippen LogP contribution < -0.4 is 0 Å². The summed E-state index contributed by atoms with van der Waals surface area (Å²) in [6.45, 7) is 10.0. The Hall–Kier alpha value is -2.80. The molecule has 0 aliphatic carbocycles. The first kappa shape index (κ1) is 22.0. The molecule has 5 rings (SSSR count). The maximum Gasteiger partial charge on any atom is 0.222 e. The van der Waals surface area contributed by atoms with Crippen molar-refractivity contribution in [3.8, 4) is 0 Å². The first-order valence-corrected chi connectivity index (χ1v) is 12.7. The number of rotatable bonds is 5. The van der Waals surface area contributed by atoms with Crippen LogP contribution in [-0.4, -0.2) is 43.6 Å². The summed E-state index contributed by atoms with van der Waals surface area (Å²) in [6.07, 6.45) is 5.28. The molecule has 172 valence electrons. The van der Waals surface area contributed by atoms with Crippen LogP contribution in [0, 0.1) is 13.8 Å². The number of benzene rings is 1. The molecule has 33 heavy (non-hydrogen) atoms. The summed E-state index contributed by atoms with van der Waals surface area (Å²) in [5.41, 5.74) is 5.38. The molecule has 1 aromatic carbocycles. The molecule has 0 N–H and O–H groups in total. The standard InChI is InChI=1S/C26H31N5OS/c1-16(2)31-25-21(14-27-31)17(3)20(18(4)28-25)11-12-24(32)30-13-7-8-19(15-30)26-29-22-9-5-6-10-23(22)33-26/h5-6,9-10,14,16,19H,7-8,11-13,15H2,1-4H3/t19-/m1/s1. The van der Waals surface area contributed by atoms with E-state index in [0.29, 0.717) is 18.8 Å². The maximum atomic E-state index is 13.2. The van der Waals surface area contributed by atoms with E-state index in [1.165, 1.54) is 15.8 Å². The molecule has 0 radical (unpaired) electrons. The molecule has 0 spiro atoms. The number of piperidine rings is 1. The van der Waals surface area contributed by atoms with Gasteiger partial charge in [-0.05, 0) is 70.2 Å². The van der Waals surface area contributed by atoms with Crippen LogP contribution in [0.25, 0.3) is 21.3 Å². The van der Waals surface area contributed by atoms with Crippen molar-refractivity contribution < 1.29 is 4.79 Å². The van der Waals surface area contributed by atoms with Crippen LogP contribution in [-0.2, 0) is 11.2 Å². The first-order chi connectivity index (χ1) is 15.9. The number of hydrogen-bond acceptors (Lipinski definition) is 5. The smallest absolute Gasteiger partial charge is 0.222 e. The van der Waals surface area contributed by atoms with E-state index in [1.54, 1.807) is 11.3 Å². The molecule has 1 fully saturated rings. The lowest BCUT2D eigenvalue weighted by Gasteiger charge is -2.32. The highest BCUT2D eigenvalue weighted by molar-refractivity contribution is 7.18. The number of amides is 1. The summed E-state index contributed by atoms with van der Waals surface area (Å²) in [6, 6.07) is 8.56. The van der Waals surface area contributed by atoms with Crippen molar-refractivity contribution >= 4 is 38.5 Å². The number of pyridine rings is 1. The average Bonchev–Trinajstić information content (AvgIpc) is 3.43. The predicted octanol–water partition coefficient (Wildman–Crippen LogP) is 5.58. The summed E-state index contributed by atoms with van der Waals surface area (Å²) in [5.74, 6) is 0.570. The summed E-state index contributed by atoms with van der Waals surface area (Å²) in [4.78, 5) is 24.9. The van der Waals surface area contributed by atoms with E-state index in [9.17, 15) is 4.79 Å². The molecular formula is C26H31N5OS. The van der Waals surface area contributed by atoms with Crippen LogP contribution in [0.15, 0.2) is 30.5 Å². The van der Waals surface area contributed by atoms with Crippen LogP contribution in [0.2, 0.25) is 0 Å². The number of thiazole rings is 1. The first-order valence-electron chi connectivity index (χ1n) is 11.9. The normalized spacial score (nSPS) is 16.9. The molecule has 1 atom stereocenters. The van der Waals surface area contributed by atoms with E-state index in [0.717, 1.165) is 53.2 Å². The Bertz CT molecular complexity index is 1290. The van der Waals surface area contributed by atoms with E-state index < -0.39 is 0 Å². The van der Waals surface area contributed by atoms with Gasteiger partial charge in [-0.15, -0.1) is 11.3 Å². The molecule has 6 nitrogen and oxygen atoms in total. The highest BCUT2D eigenvalue weighted by Gasteiger charge is 2.27. The molecule has 1 aliphatic rings. The average molecular weight is 462 g/mol. The second kappa shape index (κ2) is 8.86. The fraction of sp³-hybridized carbons (Fsp3) is 0.462. The Balaban J connectivity index is 1.29. The SMILES string of the molecule is Cc1nc2c(cnn2C(C)C)c(C)c1CCC(=O)N1CCC[C@@H](c2nc3ccccc3s2)C1. The molecule has 0 unspecified atom stereocenters. The van der Waals surface area contributed by atoms with Crippen molar-refractivity contribution in [2.75, 3.05) is 13.1 Å². The van der Waals surface area contributed by atoms with Crippen LogP contribution >= 0.6 is 11.3 Å². The van der Waals surface area contributed by atoms with Crippen LogP contribution in [0.4, 0.5) is 0 Å². The van der Waals surface area contributed by atoms with E-state index in [1.807, 2.05) is 28.8 Å². The van der Waals surface area contributed by atoms with Gasteiger partial charge in [-0.2, -0.15) is 5.10 Å². The van der Waals surface area contributed by atoms with Crippen molar-refractivity contribution in [2.24, 2.45) is 0 Å². The second-order valence-corrected chi connectivity index (χ2v) is 10.5. The molecule has 1 saturated heterocycles. The van der Waals surface area contributed by atoms with Crippen molar-refractivity contribution in [3.63, 3.8) is 0 Å². The minimum absolute atomic E-state index is 0.234. The monoisotopic (exact) mass is 461 g/mol. The van der Waals surface area contributed by atoms with Gasteiger partial charge in [0.15, 0.2) is 5.65 Å². The van der Waals surface area contributed by atoms with Gasteiger partial charge in [0.25, 0.3) is 0 Å². The molecule has 3 aromatic heterocycles. The molecular weight excluding hydrogens is 430 g/mol. The molecule has 0 bridgehead atoms. The zero-order valence-corrected chi connectivity index (χ0v) is 20.7. The molecule has 0 saturated carbocycles. The highest BCUT2D eigenvalue weighted by Crippen LogP contribution is 2.33. The maximum absolute atomic E-state index is 13.2. The quantitative estimate of drug-likeness (QED) is 0.389. The number of carbonyl (C=O) groups excluding carboxylic acids is 1. The van der Waals surface area contributed by atoms with Crippen LogP contribution in [0.5, 0.6) is 0 Å². The Kier molecular flexibility index (Phi) is 5.91. The largest absolute Gasteiger partial charge is 0.342 e. The summed E-state index contributed by atoms with van der Waals surface area (Å²) in [5, 5.41) is 6.79. The molecule has 7 heteroatoms. The number of hydrogen-bond donors (Lipinski definition) is 0. The van der Waals surface area contributed by atoms with Crippen molar-refractivity contribution in [1.29, 1.82) is 0 Å². The van der Waals surface area contributed by atoms with Gasteiger partial charge in [-0.25, -0.2) is 14.6 Å². The highest BCUT2D eigenvalue weighted by atomic mass is 32.1. The molecule has 1 aliphatic heterocycles. The summed E-state index contributed by atoms with van der Waals surface area (Å²) >= 11 is 1.77. The van der Waals surface area contributed by atoms with E-state index in [4.69, 9.17) is 9.97 Å². The van der Waals surface area contributed by atoms with E-state index in [-0.39, 0.29) is 11.9 Å². The van der Waals surface area contributed by atoms with E-state index >= 15 is 0 Å². The predicted molar refractivity (Wildman–Crippen MR) is 134 cm³/mol. The minimum atomic E-state index is 0.234. The Morgan fingerprint density at radius 3 is 2.82 bits per heavy atom. The molecule has 4 aromatic rings. The number of para-hydroxylation sites is 1. The lowest BCUT2D eigenvalue weighted by molar-refractivity contribution is -0.132. The third kappa shape index (κ3) is 4.14. The summed E-state index contributed by atoms with van der Waals surface area (Å²) in [7, 11) is 0. The van der Waals surface area contributed by atoms with Gasteiger partial charge < -0.3 is 4.90 Å². The van der Waals surface area contributed by atoms with Gasteiger partial charge in [0, 0.05) is 42.6 Å². The van der Waals surface area contributed by atoms with Crippen LogP contribution in [0.1, 0.15) is 66.9 Å². The second-order valence-electron chi connectivity index (χ2n) is 9.42. The van der Waals surface area contributed by atoms with Crippen molar-refractivity contribution in [1.82, 2.24) is 24.6 Å². The Morgan fingerprint density at radius 1 is 1.21 bits per heavy atom. The third-order valence-electron chi connectivity index (χ3n) is 6.85. The van der Waals surface area contributed by atoms with Gasteiger partial charge in [0.05, 0.1) is 21.4 Å². The van der Waals surface area contributed by atoms with E-state index in [2.05, 4.69) is 44.1 Å². The number of aryl methyl sites for hydroxylation is 2.